The number of nitrogens with one attached hydrogen (secondary N) is 1. The summed E-state index contributed by atoms with van der Waals surface area (Å²) in [6.45, 7) is 4.95. The van der Waals surface area contributed by atoms with Crippen molar-refractivity contribution in [1.29, 1.82) is 0 Å². The highest BCUT2D eigenvalue weighted by atomic mass is 16.2. The van der Waals surface area contributed by atoms with Crippen LogP contribution in [0.4, 0.5) is 0 Å². The molecule has 2 saturated heterocycles. The van der Waals surface area contributed by atoms with Crippen LogP contribution in [-0.4, -0.2) is 40.5 Å². The van der Waals surface area contributed by atoms with Crippen LogP contribution in [0.2, 0.25) is 0 Å². The molecule has 1 N–H and O–H groups in total. The Labute approximate surface area is 114 Å². The second-order valence-electron chi connectivity index (χ2n) is 5.59. The van der Waals surface area contributed by atoms with Crippen LogP contribution in [0.5, 0.6) is 0 Å². The Morgan fingerprint density at radius 1 is 1.42 bits per heavy atom. The molecule has 0 bridgehead atoms. The molecule has 2 aliphatic heterocycles. The Bertz CT molecular complexity index is 448. The molecule has 2 fully saturated rings. The van der Waals surface area contributed by atoms with Crippen LogP contribution in [0.15, 0.2) is 18.3 Å². The molecule has 0 radical (unpaired) electrons. The summed E-state index contributed by atoms with van der Waals surface area (Å²) in [5, 5.41) is 3.56. The van der Waals surface area contributed by atoms with E-state index in [1.165, 1.54) is 12.8 Å². The van der Waals surface area contributed by atoms with Crippen molar-refractivity contribution in [2.45, 2.75) is 51.2 Å². The lowest BCUT2D eigenvalue weighted by Gasteiger charge is -2.29. The van der Waals surface area contributed by atoms with Gasteiger partial charge in [-0.3, -0.25) is 4.79 Å². The van der Waals surface area contributed by atoms with Gasteiger partial charge in [0, 0.05) is 31.4 Å². The average Bonchev–Trinajstić information content (AvgIpc) is 3.16. The third kappa shape index (κ3) is 2.29. The Hall–Kier alpha value is -1.29. The molecule has 2 aliphatic rings. The minimum Gasteiger partial charge on any atom is -0.344 e. The molecular weight excluding hydrogens is 238 g/mol. The normalized spacial score (nSPS) is 27.1. The summed E-state index contributed by atoms with van der Waals surface area (Å²) < 4.78 is 2.04. The third-order valence-electron chi connectivity index (χ3n) is 4.51. The van der Waals surface area contributed by atoms with E-state index in [0.29, 0.717) is 12.1 Å². The zero-order valence-corrected chi connectivity index (χ0v) is 11.6. The molecule has 4 heteroatoms. The van der Waals surface area contributed by atoms with Crippen molar-refractivity contribution in [3.05, 3.63) is 24.0 Å². The molecule has 2 atom stereocenters. The van der Waals surface area contributed by atoms with E-state index in [4.69, 9.17) is 0 Å². The Kier molecular flexibility index (Phi) is 3.60. The van der Waals surface area contributed by atoms with Crippen molar-refractivity contribution >= 4 is 5.91 Å². The van der Waals surface area contributed by atoms with Crippen LogP contribution < -0.4 is 5.32 Å². The van der Waals surface area contributed by atoms with Crippen molar-refractivity contribution in [1.82, 2.24) is 14.8 Å². The monoisotopic (exact) mass is 261 g/mol. The first-order chi connectivity index (χ1) is 9.31. The van der Waals surface area contributed by atoms with Gasteiger partial charge in [-0.1, -0.05) is 0 Å². The Balaban J connectivity index is 1.78. The molecule has 0 aliphatic carbocycles. The number of carbonyl (C=O) groups excluding carboxylic acids is 1. The first-order valence-corrected chi connectivity index (χ1v) is 7.50. The molecule has 3 rings (SSSR count). The maximum absolute atomic E-state index is 12.7. The van der Waals surface area contributed by atoms with Crippen LogP contribution >= 0.6 is 0 Å². The lowest BCUT2D eigenvalue weighted by molar-refractivity contribution is 0.0700. The zero-order chi connectivity index (χ0) is 13.2. The molecule has 104 valence electrons. The van der Waals surface area contributed by atoms with E-state index in [9.17, 15) is 4.79 Å². The molecule has 1 amide bonds. The topological polar surface area (TPSA) is 37.3 Å². The van der Waals surface area contributed by atoms with E-state index in [0.717, 1.165) is 38.2 Å². The van der Waals surface area contributed by atoms with Gasteiger partial charge in [0.05, 0.1) is 0 Å². The fourth-order valence-electron chi connectivity index (χ4n) is 3.53. The standard InChI is InChI=1S/C15H23N3O/c1-2-17-10-4-8-14(17)15(19)18-11-5-7-13(18)12-6-3-9-16-12/h4,8,10,12-13,16H,2-3,5-7,9,11H2,1H3. The quantitative estimate of drug-likeness (QED) is 0.902. The molecule has 19 heavy (non-hydrogen) atoms. The third-order valence-corrected chi connectivity index (χ3v) is 4.51. The van der Waals surface area contributed by atoms with Gasteiger partial charge in [-0.2, -0.15) is 0 Å². The predicted octanol–water partition coefficient (Wildman–Crippen LogP) is 1.86. The smallest absolute Gasteiger partial charge is 0.270 e. The van der Waals surface area contributed by atoms with Gasteiger partial charge in [0.25, 0.3) is 5.91 Å². The maximum atomic E-state index is 12.7. The minimum atomic E-state index is 0.211. The van der Waals surface area contributed by atoms with Crippen LogP contribution in [0.3, 0.4) is 0 Å². The number of likely N-dealkylation sites (tertiary alicyclic amines) is 1. The van der Waals surface area contributed by atoms with Gasteiger partial charge in [0.2, 0.25) is 0 Å². The van der Waals surface area contributed by atoms with Crippen molar-refractivity contribution < 1.29 is 4.79 Å². The summed E-state index contributed by atoms with van der Waals surface area (Å²) in [6.07, 6.45) is 6.74. The molecule has 3 heterocycles. The van der Waals surface area contributed by atoms with Crippen molar-refractivity contribution in [2.24, 2.45) is 0 Å². The first-order valence-electron chi connectivity index (χ1n) is 7.50. The van der Waals surface area contributed by atoms with Gasteiger partial charge in [0.15, 0.2) is 0 Å². The zero-order valence-electron chi connectivity index (χ0n) is 11.6. The van der Waals surface area contributed by atoms with E-state index in [-0.39, 0.29) is 5.91 Å². The SMILES string of the molecule is CCn1cccc1C(=O)N1CCCC1C1CCCN1. The van der Waals surface area contributed by atoms with Crippen LogP contribution in [-0.2, 0) is 6.54 Å². The average molecular weight is 261 g/mol. The maximum Gasteiger partial charge on any atom is 0.270 e. The fourth-order valence-corrected chi connectivity index (χ4v) is 3.53. The summed E-state index contributed by atoms with van der Waals surface area (Å²) in [5.74, 6) is 0.211. The van der Waals surface area contributed by atoms with Crippen LogP contribution in [0.25, 0.3) is 0 Å². The number of aryl methyl sites for hydroxylation is 1. The minimum absolute atomic E-state index is 0.211. The van der Waals surface area contributed by atoms with E-state index in [2.05, 4.69) is 17.1 Å². The van der Waals surface area contributed by atoms with Crippen molar-refractivity contribution in [2.75, 3.05) is 13.1 Å². The molecular formula is C15H23N3O. The summed E-state index contributed by atoms with van der Waals surface area (Å²) in [6, 6.07) is 4.82. The summed E-state index contributed by atoms with van der Waals surface area (Å²) in [7, 11) is 0. The Morgan fingerprint density at radius 3 is 3.05 bits per heavy atom. The van der Waals surface area contributed by atoms with Crippen LogP contribution in [0, 0.1) is 0 Å². The van der Waals surface area contributed by atoms with Gasteiger partial charge < -0.3 is 14.8 Å². The fraction of sp³-hybridized carbons (Fsp3) is 0.667. The number of rotatable bonds is 3. The second kappa shape index (κ2) is 5.37. The molecule has 1 aromatic rings. The van der Waals surface area contributed by atoms with Gasteiger partial charge in [-0.15, -0.1) is 0 Å². The van der Waals surface area contributed by atoms with E-state index in [1.807, 2.05) is 22.9 Å². The lowest BCUT2D eigenvalue weighted by Crippen LogP contribution is -2.47. The van der Waals surface area contributed by atoms with Crippen LogP contribution in [0.1, 0.15) is 43.1 Å². The van der Waals surface area contributed by atoms with Crippen molar-refractivity contribution in [3.63, 3.8) is 0 Å². The number of amides is 1. The number of hydrogen-bond donors (Lipinski definition) is 1. The first kappa shape index (κ1) is 12.7. The molecule has 0 spiro atoms. The largest absolute Gasteiger partial charge is 0.344 e. The highest BCUT2D eigenvalue weighted by Gasteiger charge is 2.36. The van der Waals surface area contributed by atoms with Gasteiger partial charge in [-0.25, -0.2) is 0 Å². The highest BCUT2D eigenvalue weighted by Crippen LogP contribution is 2.26. The molecule has 0 aromatic carbocycles. The van der Waals surface area contributed by atoms with Gasteiger partial charge >= 0.3 is 0 Å². The van der Waals surface area contributed by atoms with E-state index >= 15 is 0 Å². The second-order valence-corrected chi connectivity index (χ2v) is 5.59. The lowest BCUT2D eigenvalue weighted by atomic mass is 10.0. The summed E-state index contributed by atoms with van der Waals surface area (Å²) in [4.78, 5) is 14.8. The summed E-state index contributed by atoms with van der Waals surface area (Å²) in [5.41, 5.74) is 0.840. The molecule has 4 nitrogen and oxygen atoms in total. The Morgan fingerprint density at radius 2 is 2.32 bits per heavy atom. The number of aromatic nitrogens is 1. The molecule has 2 unspecified atom stereocenters. The van der Waals surface area contributed by atoms with E-state index < -0.39 is 0 Å². The number of nitrogens with zero attached hydrogens (tertiary/aromatic N) is 2. The van der Waals surface area contributed by atoms with Gasteiger partial charge in [-0.05, 0) is 51.3 Å². The molecule has 0 saturated carbocycles. The van der Waals surface area contributed by atoms with Gasteiger partial charge in [0.1, 0.15) is 5.69 Å². The molecule has 1 aromatic heterocycles. The summed E-state index contributed by atoms with van der Waals surface area (Å²) >= 11 is 0. The highest BCUT2D eigenvalue weighted by molar-refractivity contribution is 5.93. The number of carbonyl (C=O) groups is 1. The predicted molar refractivity (Wildman–Crippen MR) is 75.2 cm³/mol. The van der Waals surface area contributed by atoms with Crippen molar-refractivity contribution in [3.8, 4) is 0 Å². The number of hydrogen-bond acceptors (Lipinski definition) is 2. The van der Waals surface area contributed by atoms with E-state index in [1.54, 1.807) is 0 Å².